The van der Waals surface area contributed by atoms with Crippen molar-refractivity contribution in [2.24, 2.45) is 0 Å². The number of benzene rings is 1. The lowest BCUT2D eigenvalue weighted by Gasteiger charge is -2.05. The van der Waals surface area contributed by atoms with Gasteiger partial charge in [-0.2, -0.15) is 0 Å². The molecule has 1 aromatic rings. The van der Waals surface area contributed by atoms with Crippen molar-refractivity contribution < 1.29 is 14.3 Å². The fourth-order valence-corrected chi connectivity index (χ4v) is 1.17. The number of Topliss-reactive ketones (excluding diaryl/α,β-unsaturated/α-hetero) is 1. The molecule has 0 saturated heterocycles. The van der Waals surface area contributed by atoms with Crippen molar-refractivity contribution in [3.8, 4) is 11.5 Å². The monoisotopic (exact) mass is 220 g/mol. The van der Waals surface area contributed by atoms with E-state index in [0.717, 1.165) is 5.75 Å². The summed E-state index contributed by atoms with van der Waals surface area (Å²) in [6.07, 6.45) is 2.91. The van der Waals surface area contributed by atoms with Gasteiger partial charge in [-0.1, -0.05) is 6.08 Å². The van der Waals surface area contributed by atoms with Crippen molar-refractivity contribution in [1.82, 2.24) is 0 Å². The lowest BCUT2D eigenvalue weighted by atomic mass is 10.2. The van der Waals surface area contributed by atoms with Crippen LogP contribution in [0, 0.1) is 0 Å². The van der Waals surface area contributed by atoms with E-state index in [1.807, 2.05) is 0 Å². The van der Waals surface area contributed by atoms with Crippen LogP contribution < -0.4 is 9.47 Å². The molecular formula is C13H16O3. The van der Waals surface area contributed by atoms with Crippen LogP contribution in [0.5, 0.6) is 11.5 Å². The Hall–Kier alpha value is -1.77. The highest BCUT2D eigenvalue weighted by Gasteiger charge is 2.02. The maximum absolute atomic E-state index is 11.3. The van der Waals surface area contributed by atoms with Gasteiger partial charge in [0, 0.05) is 6.42 Å². The molecule has 0 aromatic heterocycles. The molecule has 1 aromatic carbocycles. The highest BCUT2D eigenvalue weighted by molar-refractivity contribution is 5.80. The predicted octanol–water partition coefficient (Wildman–Crippen LogP) is 2.61. The van der Waals surface area contributed by atoms with Gasteiger partial charge in [-0.3, -0.25) is 4.79 Å². The number of ether oxygens (including phenoxy) is 2. The molecule has 0 spiro atoms. The molecule has 0 N–H and O–H groups in total. The summed E-state index contributed by atoms with van der Waals surface area (Å²) in [5.41, 5.74) is 0. The van der Waals surface area contributed by atoms with Gasteiger partial charge in [-0.05, 0) is 30.7 Å². The molecule has 0 radical (unpaired) electrons. The first-order valence-corrected chi connectivity index (χ1v) is 5.15. The Kier molecular flexibility index (Phi) is 5.12. The smallest absolute Gasteiger partial charge is 0.170 e. The lowest BCUT2D eigenvalue weighted by Crippen LogP contribution is -2.10. The van der Waals surface area contributed by atoms with E-state index in [9.17, 15) is 4.79 Å². The summed E-state index contributed by atoms with van der Waals surface area (Å²) >= 11 is 0. The molecular weight excluding hydrogens is 204 g/mol. The molecule has 0 unspecified atom stereocenters. The van der Waals surface area contributed by atoms with E-state index in [2.05, 4.69) is 6.58 Å². The van der Waals surface area contributed by atoms with Crippen LogP contribution in [0.25, 0.3) is 0 Å². The van der Waals surface area contributed by atoms with Gasteiger partial charge in [0.05, 0.1) is 7.11 Å². The zero-order valence-electron chi connectivity index (χ0n) is 9.44. The number of ketones is 1. The van der Waals surface area contributed by atoms with E-state index in [1.165, 1.54) is 0 Å². The van der Waals surface area contributed by atoms with Crippen LogP contribution in [0.3, 0.4) is 0 Å². The van der Waals surface area contributed by atoms with Crippen molar-refractivity contribution in [3.63, 3.8) is 0 Å². The van der Waals surface area contributed by atoms with Crippen LogP contribution in [0.2, 0.25) is 0 Å². The molecule has 0 heterocycles. The molecule has 0 atom stereocenters. The van der Waals surface area contributed by atoms with Crippen LogP contribution in [-0.4, -0.2) is 19.5 Å². The maximum Gasteiger partial charge on any atom is 0.170 e. The summed E-state index contributed by atoms with van der Waals surface area (Å²) in [6, 6.07) is 7.15. The van der Waals surface area contributed by atoms with Gasteiger partial charge in [0.1, 0.15) is 18.1 Å². The van der Waals surface area contributed by atoms with Crippen LogP contribution in [0.1, 0.15) is 12.8 Å². The second kappa shape index (κ2) is 6.67. The lowest BCUT2D eigenvalue weighted by molar-refractivity contribution is -0.120. The van der Waals surface area contributed by atoms with Crippen molar-refractivity contribution in [2.75, 3.05) is 13.7 Å². The van der Waals surface area contributed by atoms with Crippen LogP contribution in [-0.2, 0) is 4.79 Å². The predicted molar refractivity (Wildman–Crippen MR) is 62.9 cm³/mol. The molecule has 3 nitrogen and oxygen atoms in total. The van der Waals surface area contributed by atoms with Crippen molar-refractivity contribution in [3.05, 3.63) is 36.9 Å². The zero-order valence-corrected chi connectivity index (χ0v) is 9.44. The molecule has 0 amide bonds. The zero-order chi connectivity index (χ0) is 11.8. The minimum Gasteiger partial charge on any atom is -0.497 e. The maximum atomic E-state index is 11.3. The minimum atomic E-state index is 0.0794. The molecule has 0 aliphatic rings. The first kappa shape index (κ1) is 12.3. The Morgan fingerprint density at radius 1 is 1.31 bits per heavy atom. The third-order valence-electron chi connectivity index (χ3n) is 2.09. The van der Waals surface area contributed by atoms with E-state index in [0.29, 0.717) is 18.6 Å². The highest BCUT2D eigenvalue weighted by atomic mass is 16.5. The number of methoxy groups -OCH3 is 1. The first-order valence-electron chi connectivity index (χ1n) is 5.15. The minimum absolute atomic E-state index is 0.0794. The number of carbonyl (C=O) groups excluding carboxylic acids is 1. The highest BCUT2D eigenvalue weighted by Crippen LogP contribution is 2.16. The Morgan fingerprint density at radius 3 is 2.50 bits per heavy atom. The van der Waals surface area contributed by atoms with Gasteiger partial charge >= 0.3 is 0 Å². The topological polar surface area (TPSA) is 35.5 Å². The van der Waals surface area contributed by atoms with Crippen molar-refractivity contribution >= 4 is 5.78 Å². The Balaban J connectivity index is 2.36. The summed E-state index contributed by atoms with van der Waals surface area (Å²) in [4.78, 5) is 11.3. The molecule has 1 rings (SSSR count). The summed E-state index contributed by atoms with van der Waals surface area (Å²) in [6.45, 7) is 3.67. The van der Waals surface area contributed by atoms with Crippen molar-refractivity contribution in [1.29, 1.82) is 0 Å². The molecule has 0 fully saturated rings. The molecule has 0 bridgehead atoms. The summed E-state index contributed by atoms with van der Waals surface area (Å²) in [5.74, 6) is 1.52. The molecule has 0 saturated carbocycles. The summed E-state index contributed by atoms with van der Waals surface area (Å²) in [7, 11) is 1.61. The normalized spacial score (nSPS) is 9.56. The van der Waals surface area contributed by atoms with Crippen LogP contribution in [0.15, 0.2) is 36.9 Å². The average Bonchev–Trinajstić information content (AvgIpc) is 2.34. The van der Waals surface area contributed by atoms with E-state index in [1.54, 1.807) is 37.5 Å². The van der Waals surface area contributed by atoms with Gasteiger partial charge in [0.15, 0.2) is 5.78 Å². The second-order valence-corrected chi connectivity index (χ2v) is 3.33. The third kappa shape index (κ3) is 4.17. The van der Waals surface area contributed by atoms with Gasteiger partial charge < -0.3 is 9.47 Å². The molecule has 86 valence electrons. The van der Waals surface area contributed by atoms with Gasteiger partial charge in [-0.15, -0.1) is 6.58 Å². The Labute approximate surface area is 95.7 Å². The van der Waals surface area contributed by atoms with E-state index < -0.39 is 0 Å². The number of carbonyl (C=O) groups is 1. The van der Waals surface area contributed by atoms with Gasteiger partial charge in [0.2, 0.25) is 0 Å². The molecule has 3 heteroatoms. The van der Waals surface area contributed by atoms with Crippen LogP contribution in [0.4, 0.5) is 0 Å². The number of hydrogen-bond donors (Lipinski definition) is 0. The quantitative estimate of drug-likeness (QED) is 0.662. The van der Waals surface area contributed by atoms with Crippen molar-refractivity contribution in [2.45, 2.75) is 12.8 Å². The average molecular weight is 220 g/mol. The van der Waals surface area contributed by atoms with Gasteiger partial charge in [0.25, 0.3) is 0 Å². The summed E-state index contributed by atoms with van der Waals surface area (Å²) < 4.78 is 10.3. The number of allylic oxidation sites excluding steroid dienone is 1. The Morgan fingerprint density at radius 2 is 1.94 bits per heavy atom. The first-order chi connectivity index (χ1) is 7.76. The Bertz CT molecular complexity index is 341. The van der Waals surface area contributed by atoms with E-state index in [4.69, 9.17) is 9.47 Å². The van der Waals surface area contributed by atoms with Gasteiger partial charge in [-0.25, -0.2) is 0 Å². The third-order valence-corrected chi connectivity index (χ3v) is 2.09. The van der Waals surface area contributed by atoms with Crippen LogP contribution >= 0.6 is 0 Å². The number of rotatable bonds is 7. The van der Waals surface area contributed by atoms with E-state index >= 15 is 0 Å². The van der Waals surface area contributed by atoms with E-state index in [-0.39, 0.29) is 12.4 Å². The number of hydrogen-bond acceptors (Lipinski definition) is 3. The molecule has 0 aliphatic heterocycles. The molecule has 16 heavy (non-hydrogen) atoms. The standard InChI is InChI=1S/C13H16O3/c1-3-4-5-11(14)10-16-13-8-6-12(15-2)7-9-13/h3,6-9H,1,4-5,10H2,2H3. The fourth-order valence-electron chi connectivity index (χ4n) is 1.17. The summed E-state index contributed by atoms with van der Waals surface area (Å²) in [5, 5.41) is 0. The largest absolute Gasteiger partial charge is 0.497 e. The fraction of sp³-hybridized carbons (Fsp3) is 0.308. The molecule has 0 aliphatic carbocycles. The second-order valence-electron chi connectivity index (χ2n) is 3.33. The SMILES string of the molecule is C=CCCC(=O)COc1ccc(OC)cc1.